The molecule has 4 aromatic carbocycles. The number of sulfonamides is 1. The van der Waals surface area contributed by atoms with Gasteiger partial charge in [0.25, 0.3) is 5.56 Å². The van der Waals surface area contributed by atoms with Gasteiger partial charge in [0, 0.05) is 11.9 Å². The van der Waals surface area contributed by atoms with Gasteiger partial charge in [-0.2, -0.15) is 4.31 Å². The summed E-state index contributed by atoms with van der Waals surface area (Å²) in [5, 5.41) is 1.97. The van der Waals surface area contributed by atoms with Gasteiger partial charge in [-0.15, -0.1) is 0 Å². The Hall–Kier alpha value is -4.01. The molecule has 7 nitrogen and oxygen atoms in total. The predicted molar refractivity (Wildman–Crippen MR) is 160 cm³/mol. The zero-order valence-electron chi connectivity index (χ0n) is 22.9. The highest BCUT2D eigenvalue weighted by Gasteiger charge is 2.33. The lowest BCUT2D eigenvalue weighted by Crippen LogP contribution is -2.38. The Morgan fingerprint density at radius 1 is 0.875 bits per heavy atom. The third kappa shape index (κ3) is 5.12. The van der Waals surface area contributed by atoms with E-state index in [4.69, 9.17) is 9.72 Å². The number of ether oxygens (including phenoxy) is 1. The molecule has 0 radical (unpaired) electrons. The standard InChI is InChI=1S/C32H33N3O4S/c1-4-6-22-34(40(37,38)30-17-11-13-24-12-7-8-14-27(24)30)23(3)31-33-29-16-10-9-15-28(29)32(36)35(31)25-18-20-26(21-19-25)39-5-2/h7-21,23H,4-6,22H2,1-3H3. The van der Waals surface area contributed by atoms with Crippen molar-refractivity contribution in [1.82, 2.24) is 13.9 Å². The Morgan fingerprint density at radius 3 is 2.27 bits per heavy atom. The lowest BCUT2D eigenvalue weighted by Gasteiger charge is -2.30. The molecule has 1 aromatic heterocycles. The van der Waals surface area contributed by atoms with Crippen molar-refractivity contribution in [2.75, 3.05) is 13.2 Å². The van der Waals surface area contributed by atoms with Crippen molar-refractivity contribution >= 4 is 31.7 Å². The van der Waals surface area contributed by atoms with Crippen molar-refractivity contribution in [3.63, 3.8) is 0 Å². The Labute approximate surface area is 234 Å². The van der Waals surface area contributed by atoms with Gasteiger partial charge in [-0.05, 0) is 68.1 Å². The lowest BCUT2D eigenvalue weighted by molar-refractivity contribution is 0.322. The molecule has 0 fully saturated rings. The third-order valence-electron chi connectivity index (χ3n) is 7.08. The molecule has 0 aliphatic carbocycles. The first-order chi connectivity index (χ1) is 19.4. The largest absolute Gasteiger partial charge is 0.494 e. The second kappa shape index (κ2) is 11.6. The third-order valence-corrected chi connectivity index (χ3v) is 9.11. The van der Waals surface area contributed by atoms with Crippen molar-refractivity contribution in [2.45, 2.75) is 44.6 Å². The van der Waals surface area contributed by atoms with Crippen LogP contribution in [0.3, 0.4) is 0 Å². The maximum Gasteiger partial charge on any atom is 0.266 e. The highest BCUT2D eigenvalue weighted by Crippen LogP contribution is 2.32. The molecular weight excluding hydrogens is 522 g/mol. The second-order valence-corrected chi connectivity index (χ2v) is 11.5. The van der Waals surface area contributed by atoms with Crippen molar-refractivity contribution in [1.29, 1.82) is 0 Å². The fraction of sp³-hybridized carbons (Fsp3) is 0.250. The van der Waals surface area contributed by atoms with E-state index in [1.807, 2.05) is 50.2 Å². The molecule has 206 valence electrons. The molecule has 8 heteroatoms. The Bertz CT molecular complexity index is 1810. The predicted octanol–water partition coefficient (Wildman–Crippen LogP) is 6.49. The summed E-state index contributed by atoms with van der Waals surface area (Å²) in [4.78, 5) is 19.1. The lowest BCUT2D eigenvalue weighted by atomic mass is 10.1. The molecule has 0 aliphatic rings. The molecule has 40 heavy (non-hydrogen) atoms. The highest BCUT2D eigenvalue weighted by atomic mass is 32.2. The average Bonchev–Trinajstić information content (AvgIpc) is 2.97. The van der Waals surface area contributed by atoms with E-state index in [2.05, 4.69) is 0 Å². The molecule has 0 saturated carbocycles. The van der Waals surface area contributed by atoms with Gasteiger partial charge >= 0.3 is 0 Å². The monoisotopic (exact) mass is 555 g/mol. The zero-order chi connectivity index (χ0) is 28.3. The number of hydrogen-bond acceptors (Lipinski definition) is 5. The molecule has 0 aliphatic heterocycles. The number of nitrogens with zero attached hydrogens (tertiary/aromatic N) is 3. The van der Waals surface area contributed by atoms with Gasteiger partial charge in [-0.3, -0.25) is 9.36 Å². The summed E-state index contributed by atoms with van der Waals surface area (Å²) in [6, 6.07) is 26.4. The van der Waals surface area contributed by atoms with Gasteiger partial charge in [0.2, 0.25) is 10.0 Å². The summed E-state index contributed by atoms with van der Waals surface area (Å²) in [5.41, 5.74) is 0.857. The van der Waals surface area contributed by atoms with Crippen LogP contribution in [0.1, 0.15) is 45.5 Å². The van der Waals surface area contributed by atoms with E-state index >= 15 is 0 Å². The number of unbranched alkanes of at least 4 members (excludes halogenated alkanes) is 1. The van der Waals surface area contributed by atoms with E-state index < -0.39 is 16.1 Å². The summed E-state index contributed by atoms with van der Waals surface area (Å²) in [5.74, 6) is 1.04. The SMILES string of the molecule is CCCCN(C(C)c1nc2ccccc2c(=O)n1-c1ccc(OCC)cc1)S(=O)(=O)c1cccc2ccccc12. The summed E-state index contributed by atoms with van der Waals surface area (Å²) in [7, 11) is -3.97. The van der Waals surface area contributed by atoms with Crippen LogP contribution in [0.2, 0.25) is 0 Å². The molecule has 0 amide bonds. The van der Waals surface area contributed by atoms with Crippen molar-refractivity contribution in [3.8, 4) is 11.4 Å². The van der Waals surface area contributed by atoms with Crippen LogP contribution < -0.4 is 10.3 Å². The van der Waals surface area contributed by atoms with E-state index in [1.165, 1.54) is 8.87 Å². The van der Waals surface area contributed by atoms with Gasteiger partial charge < -0.3 is 4.74 Å². The first kappa shape index (κ1) is 27.6. The fourth-order valence-corrected chi connectivity index (χ4v) is 6.90. The molecule has 5 aromatic rings. The first-order valence-electron chi connectivity index (χ1n) is 13.6. The normalized spacial score (nSPS) is 12.7. The molecular formula is C32H33N3O4S. The molecule has 1 atom stereocenters. The summed E-state index contributed by atoms with van der Waals surface area (Å²) in [6.45, 7) is 6.55. The number of fused-ring (bicyclic) bond motifs is 2. The van der Waals surface area contributed by atoms with Crippen molar-refractivity contribution < 1.29 is 13.2 Å². The Kier molecular flexibility index (Phi) is 8.00. The van der Waals surface area contributed by atoms with Gasteiger partial charge in [0.05, 0.1) is 34.1 Å². The summed E-state index contributed by atoms with van der Waals surface area (Å²) in [6.07, 6.45) is 1.47. The van der Waals surface area contributed by atoms with Crippen LogP contribution >= 0.6 is 0 Å². The maximum atomic E-state index is 14.4. The molecule has 0 spiro atoms. The first-order valence-corrected chi connectivity index (χ1v) is 15.0. The van der Waals surface area contributed by atoms with Crippen LogP contribution in [0.5, 0.6) is 5.75 Å². The maximum absolute atomic E-state index is 14.4. The molecule has 0 N–H and O–H groups in total. The van der Waals surface area contributed by atoms with E-state index in [9.17, 15) is 13.2 Å². The molecule has 0 saturated heterocycles. The van der Waals surface area contributed by atoms with Crippen molar-refractivity contribution in [3.05, 3.63) is 107 Å². The summed E-state index contributed by atoms with van der Waals surface area (Å²) >= 11 is 0. The fourth-order valence-electron chi connectivity index (χ4n) is 5.05. The number of benzene rings is 4. The molecule has 1 unspecified atom stereocenters. The van der Waals surface area contributed by atoms with Gasteiger partial charge in [-0.25, -0.2) is 13.4 Å². The number of para-hydroxylation sites is 1. The number of aromatic nitrogens is 2. The molecule has 5 rings (SSSR count). The topological polar surface area (TPSA) is 81.5 Å². The summed E-state index contributed by atoms with van der Waals surface area (Å²) < 4.78 is 37.4. The van der Waals surface area contributed by atoms with Crippen LogP contribution in [-0.4, -0.2) is 35.4 Å². The van der Waals surface area contributed by atoms with Crippen LogP contribution in [0, 0.1) is 0 Å². The smallest absolute Gasteiger partial charge is 0.266 e. The Morgan fingerprint density at radius 2 is 1.55 bits per heavy atom. The number of hydrogen-bond donors (Lipinski definition) is 0. The Balaban J connectivity index is 1.71. The van der Waals surface area contributed by atoms with Crippen molar-refractivity contribution in [2.24, 2.45) is 0 Å². The van der Waals surface area contributed by atoms with E-state index in [0.29, 0.717) is 46.6 Å². The van der Waals surface area contributed by atoms with Crippen LogP contribution in [-0.2, 0) is 10.0 Å². The van der Waals surface area contributed by atoms with E-state index in [0.717, 1.165) is 11.8 Å². The van der Waals surface area contributed by atoms with Crippen LogP contribution in [0.25, 0.3) is 27.4 Å². The van der Waals surface area contributed by atoms with E-state index in [-0.39, 0.29) is 17.0 Å². The second-order valence-electron chi connectivity index (χ2n) is 9.68. The highest BCUT2D eigenvalue weighted by molar-refractivity contribution is 7.89. The minimum Gasteiger partial charge on any atom is -0.494 e. The minimum atomic E-state index is -3.97. The molecule has 0 bridgehead atoms. The van der Waals surface area contributed by atoms with Gasteiger partial charge in [0.15, 0.2) is 0 Å². The number of rotatable bonds is 10. The average molecular weight is 556 g/mol. The van der Waals surface area contributed by atoms with Crippen LogP contribution in [0.15, 0.2) is 101 Å². The molecule has 1 heterocycles. The van der Waals surface area contributed by atoms with Gasteiger partial charge in [0.1, 0.15) is 11.6 Å². The van der Waals surface area contributed by atoms with E-state index in [1.54, 1.807) is 61.5 Å². The van der Waals surface area contributed by atoms with Crippen LogP contribution in [0.4, 0.5) is 0 Å². The zero-order valence-corrected chi connectivity index (χ0v) is 23.8. The van der Waals surface area contributed by atoms with Gasteiger partial charge in [-0.1, -0.05) is 61.9 Å². The quantitative estimate of drug-likeness (QED) is 0.197. The minimum absolute atomic E-state index is 0.240.